The van der Waals surface area contributed by atoms with Crippen molar-refractivity contribution in [3.63, 3.8) is 0 Å². The van der Waals surface area contributed by atoms with Crippen LogP contribution in [0.2, 0.25) is 0 Å². The number of aliphatic hydroxyl groups excluding tert-OH is 1. The molecule has 0 spiro atoms. The van der Waals surface area contributed by atoms with Crippen molar-refractivity contribution in [3.8, 4) is 5.75 Å². The molecule has 108 valence electrons. The normalized spacial score (nSPS) is 17.6. The van der Waals surface area contributed by atoms with Gasteiger partial charge in [0.1, 0.15) is 0 Å². The molecule has 1 aliphatic rings. The molecular formula is C13H20ClFN2O2. The van der Waals surface area contributed by atoms with E-state index in [4.69, 9.17) is 4.74 Å². The lowest BCUT2D eigenvalue weighted by Gasteiger charge is -2.34. The Morgan fingerprint density at radius 1 is 1.42 bits per heavy atom. The van der Waals surface area contributed by atoms with Crippen LogP contribution in [-0.4, -0.2) is 49.9 Å². The van der Waals surface area contributed by atoms with Crippen molar-refractivity contribution in [2.45, 2.75) is 6.04 Å². The molecule has 0 unspecified atom stereocenters. The van der Waals surface area contributed by atoms with Crippen LogP contribution in [0.25, 0.3) is 0 Å². The van der Waals surface area contributed by atoms with Crippen molar-refractivity contribution < 1.29 is 14.2 Å². The molecule has 1 aliphatic heterocycles. The zero-order valence-electron chi connectivity index (χ0n) is 10.9. The van der Waals surface area contributed by atoms with Gasteiger partial charge in [-0.3, -0.25) is 4.90 Å². The molecule has 1 aromatic carbocycles. The zero-order chi connectivity index (χ0) is 13.0. The van der Waals surface area contributed by atoms with E-state index in [1.807, 2.05) is 0 Å². The molecule has 0 aliphatic carbocycles. The summed E-state index contributed by atoms with van der Waals surface area (Å²) in [6.45, 7) is 3.25. The summed E-state index contributed by atoms with van der Waals surface area (Å²) in [6.07, 6.45) is 0. The van der Waals surface area contributed by atoms with Gasteiger partial charge in [-0.05, 0) is 6.07 Å². The summed E-state index contributed by atoms with van der Waals surface area (Å²) in [5, 5.41) is 12.8. The van der Waals surface area contributed by atoms with E-state index in [2.05, 4.69) is 10.2 Å². The highest BCUT2D eigenvalue weighted by Crippen LogP contribution is 2.28. The molecule has 4 nitrogen and oxygen atoms in total. The first-order valence-electron chi connectivity index (χ1n) is 6.16. The van der Waals surface area contributed by atoms with E-state index < -0.39 is 0 Å². The summed E-state index contributed by atoms with van der Waals surface area (Å²) in [5.74, 6) is -0.154. The van der Waals surface area contributed by atoms with Crippen LogP contribution in [0.3, 0.4) is 0 Å². The molecule has 0 bridgehead atoms. The van der Waals surface area contributed by atoms with Gasteiger partial charge in [-0.25, -0.2) is 4.39 Å². The topological polar surface area (TPSA) is 44.7 Å². The lowest BCUT2D eigenvalue weighted by Crippen LogP contribution is -2.46. The number of aliphatic hydroxyl groups is 1. The molecule has 1 atom stereocenters. The fraction of sp³-hybridized carbons (Fsp3) is 0.538. The number of ether oxygens (including phenoxy) is 1. The predicted molar refractivity (Wildman–Crippen MR) is 74.5 cm³/mol. The Balaban J connectivity index is 0.00000180. The lowest BCUT2D eigenvalue weighted by molar-refractivity contribution is 0.108. The summed E-state index contributed by atoms with van der Waals surface area (Å²) in [7, 11) is 1.45. The van der Waals surface area contributed by atoms with Gasteiger partial charge in [0.2, 0.25) is 0 Å². The van der Waals surface area contributed by atoms with Crippen LogP contribution < -0.4 is 10.1 Å². The average Bonchev–Trinajstić information content (AvgIpc) is 2.43. The first-order valence-corrected chi connectivity index (χ1v) is 6.16. The molecule has 2 rings (SSSR count). The highest BCUT2D eigenvalue weighted by Gasteiger charge is 2.25. The summed E-state index contributed by atoms with van der Waals surface area (Å²) in [5.41, 5.74) is 0.499. The van der Waals surface area contributed by atoms with Crippen LogP contribution in [0, 0.1) is 5.82 Å². The van der Waals surface area contributed by atoms with E-state index in [0.717, 1.165) is 26.2 Å². The minimum atomic E-state index is -0.377. The average molecular weight is 291 g/mol. The third-order valence-electron chi connectivity index (χ3n) is 3.34. The van der Waals surface area contributed by atoms with E-state index >= 15 is 0 Å². The molecule has 0 amide bonds. The Morgan fingerprint density at radius 2 is 2.11 bits per heavy atom. The van der Waals surface area contributed by atoms with Crippen molar-refractivity contribution >= 4 is 12.4 Å². The Labute approximate surface area is 119 Å². The molecule has 1 heterocycles. The number of nitrogens with zero attached hydrogens (tertiary/aromatic N) is 1. The molecule has 6 heteroatoms. The monoisotopic (exact) mass is 290 g/mol. The largest absolute Gasteiger partial charge is 0.494 e. The lowest BCUT2D eigenvalue weighted by atomic mass is 10.0. The molecule has 19 heavy (non-hydrogen) atoms. The number of hydrogen-bond donors (Lipinski definition) is 2. The van der Waals surface area contributed by atoms with Gasteiger partial charge in [-0.2, -0.15) is 0 Å². The minimum absolute atomic E-state index is 0. The standard InChI is InChI=1S/C13H19FN2O2.ClH/c1-18-12-4-2-3-10(13(12)14)11(9-17)16-7-5-15-6-8-16;/h2-4,11,15,17H,5-9H2,1H3;1H/t11-;/m1./s1. The van der Waals surface area contributed by atoms with Crippen LogP contribution >= 0.6 is 12.4 Å². The number of benzene rings is 1. The SMILES string of the molecule is COc1cccc([C@@H](CO)N2CCNCC2)c1F.Cl. The number of nitrogens with one attached hydrogen (secondary N) is 1. The molecule has 0 aromatic heterocycles. The summed E-state index contributed by atoms with van der Waals surface area (Å²) < 4.78 is 19.2. The van der Waals surface area contributed by atoms with Gasteiger partial charge in [0.05, 0.1) is 19.8 Å². The van der Waals surface area contributed by atoms with Gasteiger partial charge >= 0.3 is 0 Å². The highest BCUT2D eigenvalue weighted by molar-refractivity contribution is 5.85. The molecule has 0 radical (unpaired) electrons. The van der Waals surface area contributed by atoms with Crippen LogP contribution in [0.4, 0.5) is 4.39 Å². The zero-order valence-corrected chi connectivity index (χ0v) is 11.8. The summed E-state index contributed by atoms with van der Waals surface area (Å²) in [4.78, 5) is 2.09. The maximum atomic E-state index is 14.2. The predicted octanol–water partition coefficient (Wildman–Crippen LogP) is 1.19. The Hall–Kier alpha value is -0.880. The number of piperazine rings is 1. The van der Waals surface area contributed by atoms with Crippen molar-refractivity contribution in [2.24, 2.45) is 0 Å². The van der Waals surface area contributed by atoms with E-state index in [1.54, 1.807) is 18.2 Å². The highest BCUT2D eigenvalue weighted by atomic mass is 35.5. The van der Waals surface area contributed by atoms with Crippen molar-refractivity contribution in [1.82, 2.24) is 10.2 Å². The van der Waals surface area contributed by atoms with Gasteiger partial charge in [0.25, 0.3) is 0 Å². The first-order chi connectivity index (χ1) is 8.77. The van der Waals surface area contributed by atoms with Crippen LogP contribution in [-0.2, 0) is 0 Å². The van der Waals surface area contributed by atoms with Crippen LogP contribution in [0.1, 0.15) is 11.6 Å². The van der Waals surface area contributed by atoms with Gasteiger partial charge in [-0.15, -0.1) is 12.4 Å². The fourth-order valence-corrected chi connectivity index (χ4v) is 2.35. The van der Waals surface area contributed by atoms with Crippen LogP contribution in [0.15, 0.2) is 18.2 Å². The third kappa shape index (κ3) is 3.57. The van der Waals surface area contributed by atoms with Crippen molar-refractivity contribution in [3.05, 3.63) is 29.6 Å². The van der Waals surface area contributed by atoms with Gasteiger partial charge in [0.15, 0.2) is 11.6 Å². The minimum Gasteiger partial charge on any atom is -0.494 e. The Bertz CT molecular complexity index is 400. The second-order valence-electron chi connectivity index (χ2n) is 4.35. The van der Waals surface area contributed by atoms with E-state index in [0.29, 0.717) is 5.56 Å². The van der Waals surface area contributed by atoms with E-state index in [-0.39, 0.29) is 36.6 Å². The molecule has 1 aromatic rings. The van der Waals surface area contributed by atoms with E-state index in [9.17, 15) is 9.50 Å². The summed E-state index contributed by atoms with van der Waals surface area (Å²) >= 11 is 0. The molecular weight excluding hydrogens is 271 g/mol. The number of hydrogen-bond acceptors (Lipinski definition) is 4. The van der Waals surface area contributed by atoms with Gasteiger partial charge in [0, 0.05) is 31.7 Å². The first kappa shape index (κ1) is 16.2. The molecule has 2 N–H and O–H groups in total. The molecule has 1 saturated heterocycles. The number of methoxy groups -OCH3 is 1. The van der Waals surface area contributed by atoms with E-state index in [1.165, 1.54) is 7.11 Å². The quantitative estimate of drug-likeness (QED) is 0.874. The number of rotatable bonds is 4. The Kier molecular flexibility index (Phi) is 6.51. The Morgan fingerprint density at radius 3 is 2.68 bits per heavy atom. The maximum Gasteiger partial charge on any atom is 0.169 e. The molecule has 1 fully saturated rings. The van der Waals surface area contributed by atoms with Crippen LogP contribution in [0.5, 0.6) is 5.75 Å². The van der Waals surface area contributed by atoms with Crippen molar-refractivity contribution in [2.75, 3.05) is 39.9 Å². The third-order valence-corrected chi connectivity index (χ3v) is 3.34. The fourth-order valence-electron chi connectivity index (χ4n) is 2.35. The second-order valence-corrected chi connectivity index (χ2v) is 4.35. The van der Waals surface area contributed by atoms with Gasteiger partial charge in [-0.1, -0.05) is 12.1 Å². The van der Waals surface area contributed by atoms with Crippen molar-refractivity contribution in [1.29, 1.82) is 0 Å². The van der Waals surface area contributed by atoms with Gasteiger partial charge < -0.3 is 15.2 Å². The summed E-state index contributed by atoms with van der Waals surface area (Å²) in [6, 6.07) is 4.75. The smallest absolute Gasteiger partial charge is 0.169 e. The maximum absolute atomic E-state index is 14.2. The second kappa shape index (κ2) is 7.65. The number of halogens is 2. The molecule has 0 saturated carbocycles.